The average Bonchev–Trinajstić information content (AvgIpc) is 2.62. The molecule has 21 heteroatoms. The molecule has 0 rings (SSSR count). The molecule has 0 aliphatic carbocycles. The van der Waals surface area contributed by atoms with E-state index in [1.165, 1.54) is 0 Å². The van der Waals surface area contributed by atoms with Gasteiger partial charge in [-0.2, -0.15) is 0 Å². The zero-order chi connectivity index (χ0) is 22.8. The summed E-state index contributed by atoms with van der Waals surface area (Å²) in [6.07, 6.45) is 0. The van der Waals surface area contributed by atoms with Crippen molar-refractivity contribution in [2.24, 2.45) is 0 Å². The number of halogens is 4. The molecule has 168 valence electrons. The Morgan fingerprint density at radius 1 is 0.483 bits per heavy atom. The third-order valence-corrected chi connectivity index (χ3v) is 3.96. The van der Waals surface area contributed by atoms with Gasteiger partial charge in [-0.05, 0) is 18.3 Å². The predicted molar refractivity (Wildman–Crippen MR) is 109 cm³/mol. The first-order chi connectivity index (χ1) is 13.1. The van der Waals surface area contributed by atoms with Gasteiger partial charge in [-0.1, -0.05) is 63.7 Å². The van der Waals surface area contributed by atoms with Gasteiger partial charge < -0.3 is 19.6 Å². The fourth-order valence-electron chi connectivity index (χ4n) is 0.436. The summed E-state index contributed by atoms with van der Waals surface area (Å²) in [6.45, 7) is 0.884. The molecule has 0 aliphatic rings. The second kappa shape index (κ2) is 38.2. The molecule has 0 aliphatic heterocycles. The van der Waals surface area contributed by atoms with Crippen LogP contribution in [0.1, 0.15) is 0 Å². The van der Waals surface area contributed by atoms with Gasteiger partial charge in [-0.25, -0.2) is 0 Å². The van der Waals surface area contributed by atoms with Gasteiger partial charge in [0, 0.05) is 21.3 Å². The zero-order valence-corrected chi connectivity index (χ0v) is 26.7. The number of hydrogen-bond donors (Lipinski definition) is 0. The Hall–Kier alpha value is 2.88. The zero-order valence-electron chi connectivity index (χ0n) is 14.4. The van der Waals surface area contributed by atoms with Crippen molar-refractivity contribution in [2.45, 2.75) is 0 Å². The van der Waals surface area contributed by atoms with Crippen molar-refractivity contribution in [3.05, 3.63) is 0 Å². The van der Waals surface area contributed by atoms with Crippen LogP contribution < -0.4 is 19.6 Å². The van der Waals surface area contributed by atoms with Crippen LogP contribution in [0.2, 0.25) is 0 Å². The Balaban J connectivity index is -0.0000000873. The normalized spacial score (nSPS) is 11.0. The molecule has 0 aromatic carbocycles. The van der Waals surface area contributed by atoms with E-state index in [-0.39, 0.29) is 52.6 Å². The van der Waals surface area contributed by atoms with Crippen molar-refractivity contribution >= 4 is 96.7 Å². The second-order valence-corrected chi connectivity index (χ2v) is 8.98. The van der Waals surface area contributed by atoms with Gasteiger partial charge in [-0.15, -0.1) is 18.1 Å². The molecule has 0 amide bonds. The number of hydrogen-bond acceptors (Lipinski definition) is 12. The van der Waals surface area contributed by atoms with Crippen LogP contribution in [-0.4, -0.2) is 47.7 Å². The molecule has 4 unspecified atom stereocenters. The minimum atomic E-state index is -2.64. The first-order valence-electron chi connectivity index (χ1n) is 6.41. The summed E-state index contributed by atoms with van der Waals surface area (Å²) in [5, 5.41) is 2.21. The first kappa shape index (κ1) is 42.1. The van der Waals surface area contributed by atoms with Crippen LogP contribution in [0, 0.1) is 0 Å². The Morgan fingerprint density at radius 3 is 0.655 bits per heavy atom. The maximum atomic E-state index is 9.55. The Labute approximate surface area is 224 Å². The van der Waals surface area contributed by atoms with Crippen molar-refractivity contribution in [3.8, 4) is 0 Å². The molecular weight excluding hydrogens is 823 g/mol. The smallest absolute Gasteiger partial charge is 0.566 e. The maximum absolute atomic E-state index is 9.55. The van der Waals surface area contributed by atoms with Crippen LogP contribution in [0.3, 0.4) is 0 Å². The molecular formula is C8H16Br4O12P4Zr+4. The Bertz CT molecular complexity index is 342. The van der Waals surface area contributed by atoms with Crippen LogP contribution >= 0.6 is 96.7 Å². The average molecular weight is 839 g/mol. The quantitative estimate of drug-likeness (QED) is 0.204. The van der Waals surface area contributed by atoms with Gasteiger partial charge in [0.05, 0.1) is 0 Å². The van der Waals surface area contributed by atoms with Gasteiger partial charge in [-0.3, -0.25) is 0 Å². The number of alkyl halides is 4. The van der Waals surface area contributed by atoms with E-state index in [1.807, 2.05) is 0 Å². The standard InChI is InChI=1S/4C2H4BrO3P.Zr/c4*3-1-2-6-7(4)5;/h4*1-2H2;/q;;;;+4. The molecule has 0 heterocycles. The second-order valence-electron chi connectivity index (χ2n) is 2.98. The SMILES string of the molecule is O=[P+]([O-])OCCBr.O=[P+]([O-])OCCBr.O=[P+]([O-])OCCBr.O=[P+]([O-])OCCBr.[Zr+4]. The molecule has 0 saturated carbocycles. The monoisotopic (exact) mass is 834 g/mol. The molecule has 0 radical (unpaired) electrons. The molecule has 0 N–H and O–H groups in total. The van der Waals surface area contributed by atoms with Crippen LogP contribution in [0.15, 0.2) is 0 Å². The fraction of sp³-hybridized carbons (Fsp3) is 1.00. The molecule has 4 atom stereocenters. The van der Waals surface area contributed by atoms with E-state index < -0.39 is 33.0 Å². The van der Waals surface area contributed by atoms with Crippen molar-refractivity contribution in [1.29, 1.82) is 0 Å². The van der Waals surface area contributed by atoms with Crippen LogP contribution in [-0.2, 0) is 62.6 Å². The van der Waals surface area contributed by atoms with Crippen molar-refractivity contribution < 1.29 is 82.1 Å². The fourth-order valence-corrected chi connectivity index (χ4v) is 3.05. The minimum absolute atomic E-state index is 0. The van der Waals surface area contributed by atoms with E-state index in [9.17, 15) is 37.8 Å². The van der Waals surface area contributed by atoms with E-state index in [1.54, 1.807) is 0 Å². The summed E-state index contributed by atoms with van der Waals surface area (Å²) in [5.41, 5.74) is 0. The Kier molecular flexibility index (Phi) is 55.4. The van der Waals surface area contributed by atoms with Crippen molar-refractivity contribution in [3.63, 3.8) is 0 Å². The third kappa shape index (κ3) is 72.3. The maximum Gasteiger partial charge on any atom is 4.00 e. The summed E-state index contributed by atoms with van der Waals surface area (Å²) in [5.74, 6) is 0. The first-order valence-corrected chi connectivity index (χ1v) is 15.3. The molecule has 0 spiro atoms. The largest absolute Gasteiger partial charge is 4.00 e. The molecule has 0 fully saturated rings. The van der Waals surface area contributed by atoms with Crippen LogP contribution in [0.4, 0.5) is 0 Å². The van der Waals surface area contributed by atoms with E-state index in [0.717, 1.165) is 0 Å². The molecule has 29 heavy (non-hydrogen) atoms. The topological polar surface area (TPSA) is 197 Å². The van der Waals surface area contributed by atoms with E-state index in [2.05, 4.69) is 81.8 Å². The summed E-state index contributed by atoms with van der Waals surface area (Å²) < 4.78 is 54.6. The van der Waals surface area contributed by atoms with Crippen LogP contribution in [0.5, 0.6) is 0 Å². The predicted octanol–water partition coefficient (Wildman–Crippen LogP) is 1.66. The minimum Gasteiger partial charge on any atom is -0.566 e. The summed E-state index contributed by atoms with van der Waals surface area (Å²) in [7, 11) is -10.5. The summed E-state index contributed by atoms with van der Waals surface area (Å²) in [4.78, 5) is 38.2. The van der Waals surface area contributed by atoms with E-state index >= 15 is 0 Å². The number of rotatable bonds is 12. The molecule has 12 nitrogen and oxygen atoms in total. The van der Waals surface area contributed by atoms with Gasteiger partial charge in [0.2, 0.25) is 0 Å². The molecule has 0 aromatic rings. The van der Waals surface area contributed by atoms with E-state index in [0.29, 0.717) is 21.3 Å². The van der Waals surface area contributed by atoms with Crippen molar-refractivity contribution in [2.75, 3.05) is 47.7 Å². The summed E-state index contributed by atoms with van der Waals surface area (Å²) in [6, 6.07) is 0. The van der Waals surface area contributed by atoms with Gasteiger partial charge in [0.1, 0.15) is 26.4 Å². The summed E-state index contributed by atoms with van der Waals surface area (Å²) >= 11 is 11.9. The van der Waals surface area contributed by atoms with Gasteiger partial charge >= 0.3 is 59.2 Å². The molecule has 0 bridgehead atoms. The Morgan fingerprint density at radius 2 is 0.621 bits per heavy atom. The van der Waals surface area contributed by atoms with Gasteiger partial charge in [0.15, 0.2) is 0 Å². The third-order valence-electron chi connectivity index (χ3n) is 1.10. The molecule has 0 aromatic heterocycles. The van der Waals surface area contributed by atoms with Crippen LogP contribution in [0.25, 0.3) is 0 Å². The van der Waals surface area contributed by atoms with E-state index in [4.69, 9.17) is 0 Å². The van der Waals surface area contributed by atoms with Gasteiger partial charge in [0.25, 0.3) is 0 Å². The molecule has 0 saturated heterocycles. The van der Waals surface area contributed by atoms with Crippen molar-refractivity contribution in [1.82, 2.24) is 0 Å².